The van der Waals surface area contributed by atoms with E-state index in [9.17, 15) is 0 Å². The predicted molar refractivity (Wildman–Crippen MR) is 59.4 cm³/mol. The number of hydrogen-bond acceptors (Lipinski definition) is 3. The van der Waals surface area contributed by atoms with Gasteiger partial charge in [-0.25, -0.2) is 0 Å². The van der Waals surface area contributed by atoms with Gasteiger partial charge in [0.25, 0.3) is 0 Å². The average Bonchev–Trinajstić information content (AvgIpc) is 2.64. The maximum Gasteiger partial charge on any atom is 0.134 e. The van der Waals surface area contributed by atoms with Crippen LogP contribution in [0.15, 0.2) is 28.7 Å². The molecule has 0 saturated heterocycles. The Morgan fingerprint density at radius 2 is 2.13 bits per heavy atom. The topological polar surface area (TPSA) is 34.4 Å². The largest absolute Gasteiger partial charge is 0.461 e. The molecule has 2 aromatic rings. The van der Waals surface area contributed by atoms with Crippen molar-refractivity contribution in [2.24, 2.45) is 0 Å². The van der Waals surface area contributed by atoms with Crippen molar-refractivity contribution >= 4 is 11.0 Å². The highest BCUT2D eigenvalue weighted by atomic mass is 16.6. The average molecular weight is 205 g/mol. The number of benzene rings is 1. The molecule has 0 amide bonds. The summed E-state index contributed by atoms with van der Waals surface area (Å²) in [5.41, 5.74) is 4.99. The van der Waals surface area contributed by atoms with Gasteiger partial charge >= 0.3 is 0 Å². The molecule has 1 aromatic heterocycles. The zero-order valence-corrected chi connectivity index (χ0v) is 9.04. The number of hydroxylamine groups is 1. The van der Waals surface area contributed by atoms with E-state index >= 15 is 0 Å². The van der Waals surface area contributed by atoms with E-state index in [4.69, 9.17) is 9.25 Å². The predicted octanol–water partition coefficient (Wildman–Crippen LogP) is 2.65. The summed E-state index contributed by atoms with van der Waals surface area (Å²) in [4.78, 5) is 4.87. The van der Waals surface area contributed by atoms with Crippen molar-refractivity contribution < 1.29 is 9.25 Å². The smallest absolute Gasteiger partial charge is 0.134 e. The third kappa shape index (κ3) is 1.89. The van der Waals surface area contributed by atoms with E-state index in [-0.39, 0.29) is 0 Å². The maximum absolute atomic E-state index is 5.75. The van der Waals surface area contributed by atoms with Gasteiger partial charge in [0.15, 0.2) is 0 Å². The van der Waals surface area contributed by atoms with Crippen molar-refractivity contribution in [3.05, 3.63) is 35.6 Å². The van der Waals surface area contributed by atoms with Gasteiger partial charge in [-0.1, -0.05) is 25.1 Å². The van der Waals surface area contributed by atoms with Crippen LogP contribution in [0.1, 0.15) is 18.2 Å². The molecule has 1 N–H and O–H groups in total. The van der Waals surface area contributed by atoms with Crippen LogP contribution in [0, 0.1) is 0 Å². The molecule has 1 aromatic carbocycles. The van der Waals surface area contributed by atoms with Crippen LogP contribution in [0.2, 0.25) is 0 Å². The van der Waals surface area contributed by atoms with Crippen molar-refractivity contribution in [2.75, 3.05) is 7.11 Å². The molecule has 0 saturated carbocycles. The zero-order chi connectivity index (χ0) is 10.7. The van der Waals surface area contributed by atoms with Crippen LogP contribution in [-0.4, -0.2) is 7.11 Å². The van der Waals surface area contributed by atoms with Gasteiger partial charge in [0.05, 0.1) is 13.7 Å². The molecule has 0 fully saturated rings. The van der Waals surface area contributed by atoms with Crippen LogP contribution >= 0.6 is 0 Å². The lowest BCUT2D eigenvalue weighted by atomic mass is 10.1. The van der Waals surface area contributed by atoms with Crippen molar-refractivity contribution in [3.8, 4) is 0 Å². The Morgan fingerprint density at radius 1 is 1.33 bits per heavy atom. The SMILES string of the molecule is CCc1oc2ccccc2c1CNOC. The van der Waals surface area contributed by atoms with Gasteiger partial charge in [-0.3, -0.25) is 0 Å². The second-order valence-corrected chi connectivity index (χ2v) is 3.38. The second-order valence-electron chi connectivity index (χ2n) is 3.38. The molecule has 3 heteroatoms. The molecule has 3 nitrogen and oxygen atoms in total. The summed E-state index contributed by atoms with van der Waals surface area (Å²) < 4.78 is 5.75. The Morgan fingerprint density at radius 3 is 2.87 bits per heavy atom. The lowest BCUT2D eigenvalue weighted by Crippen LogP contribution is -2.11. The molecule has 80 valence electrons. The van der Waals surface area contributed by atoms with E-state index in [2.05, 4.69) is 18.5 Å². The van der Waals surface area contributed by atoms with Gasteiger partial charge in [0, 0.05) is 17.4 Å². The van der Waals surface area contributed by atoms with Gasteiger partial charge in [0.2, 0.25) is 0 Å². The van der Waals surface area contributed by atoms with E-state index < -0.39 is 0 Å². The van der Waals surface area contributed by atoms with Gasteiger partial charge in [0.1, 0.15) is 11.3 Å². The Bertz CT molecular complexity index is 448. The molecule has 1 heterocycles. The van der Waals surface area contributed by atoms with Gasteiger partial charge in [-0.15, -0.1) is 0 Å². The first kappa shape index (κ1) is 10.2. The molecule has 0 radical (unpaired) electrons. The fourth-order valence-corrected chi connectivity index (χ4v) is 1.77. The lowest BCUT2D eigenvalue weighted by Gasteiger charge is -2.01. The number of aryl methyl sites for hydroxylation is 1. The van der Waals surface area contributed by atoms with Crippen LogP contribution in [0.5, 0.6) is 0 Å². The van der Waals surface area contributed by atoms with Crippen molar-refractivity contribution in [1.29, 1.82) is 0 Å². The Labute approximate surface area is 89.0 Å². The number of rotatable bonds is 4. The highest BCUT2D eigenvalue weighted by Gasteiger charge is 2.11. The molecule has 2 rings (SSSR count). The van der Waals surface area contributed by atoms with E-state index in [1.165, 1.54) is 10.9 Å². The van der Waals surface area contributed by atoms with Crippen LogP contribution in [0.25, 0.3) is 11.0 Å². The number of hydrogen-bond donors (Lipinski definition) is 1. The zero-order valence-electron chi connectivity index (χ0n) is 9.04. The van der Waals surface area contributed by atoms with E-state index in [1.54, 1.807) is 7.11 Å². The lowest BCUT2D eigenvalue weighted by molar-refractivity contribution is 0.0865. The molecule has 0 bridgehead atoms. The van der Waals surface area contributed by atoms with Crippen molar-refractivity contribution in [1.82, 2.24) is 5.48 Å². The van der Waals surface area contributed by atoms with E-state index in [1.807, 2.05) is 18.2 Å². The first-order chi connectivity index (χ1) is 7.36. The molecule has 0 unspecified atom stereocenters. The third-order valence-electron chi connectivity index (χ3n) is 2.50. The monoisotopic (exact) mass is 205 g/mol. The molecule has 0 aliphatic heterocycles. The number of fused-ring (bicyclic) bond motifs is 1. The summed E-state index contributed by atoms with van der Waals surface area (Å²) in [5, 5.41) is 1.17. The normalized spacial score (nSPS) is 11.1. The maximum atomic E-state index is 5.75. The van der Waals surface area contributed by atoms with Crippen molar-refractivity contribution in [3.63, 3.8) is 0 Å². The van der Waals surface area contributed by atoms with E-state index in [0.29, 0.717) is 6.54 Å². The molecule has 0 aliphatic rings. The van der Waals surface area contributed by atoms with Crippen molar-refractivity contribution in [2.45, 2.75) is 19.9 Å². The van der Waals surface area contributed by atoms with Crippen LogP contribution < -0.4 is 5.48 Å². The number of furan rings is 1. The quantitative estimate of drug-likeness (QED) is 0.779. The van der Waals surface area contributed by atoms with Gasteiger partial charge in [-0.05, 0) is 6.07 Å². The third-order valence-corrected chi connectivity index (χ3v) is 2.50. The summed E-state index contributed by atoms with van der Waals surface area (Å²) in [5.74, 6) is 1.03. The number of para-hydroxylation sites is 1. The summed E-state index contributed by atoms with van der Waals surface area (Å²) in [6.45, 7) is 2.77. The molecule has 0 atom stereocenters. The first-order valence-electron chi connectivity index (χ1n) is 5.12. The van der Waals surface area contributed by atoms with Crippen LogP contribution in [0.4, 0.5) is 0 Å². The Balaban J connectivity index is 2.47. The summed E-state index contributed by atoms with van der Waals surface area (Å²) in [6.07, 6.45) is 0.898. The minimum Gasteiger partial charge on any atom is -0.461 e. The number of nitrogens with one attached hydrogen (secondary N) is 1. The van der Waals surface area contributed by atoms with Gasteiger partial charge < -0.3 is 9.25 Å². The molecule has 0 aliphatic carbocycles. The van der Waals surface area contributed by atoms with Crippen LogP contribution in [-0.2, 0) is 17.8 Å². The van der Waals surface area contributed by atoms with Gasteiger partial charge in [-0.2, -0.15) is 5.48 Å². The molecule has 0 spiro atoms. The molecular weight excluding hydrogens is 190 g/mol. The highest BCUT2D eigenvalue weighted by Crippen LogP contribution is 2.25. The summed E-state index contributed by atoms with van der Waals surface area (Å²) >= 11 is 0. The van der Waals surface area contributed by atoms with Crippen LogP contribution in [0.3, 0.4) is 0 Å². The van der Waals surface area contributed by atoms with E-state index in [0.717, 1.165) is 17.8 Å². The fourth-order valence-electron chi connectivity index (χ4n) is 1.77. The molecule has 15 heavy (non-hydrogen) atoms. The fraction of sp³-hybridized carbons (Fsp3) is 0.333. The minimum absolute atomic E-state index is 0.677. The summed E-state index contributed by atoms with van der Waals surface area (Å²) in [7, 11) is 1.62. The standard InChI is InChI=1S/C12H15NO2/c1-3-11-10(8-13-14-2)9-6-4-5-7-12(9)15-11/h4-7,13H,3,8H2,1-2H3. The molecular formula is C12H15NO2. The minimum atomic E-state index is 0.677. The first-order valence-corrected chi connectivity index (χ1v) is 5.12. The highest BCUT2D eigenvalue weighted by molar-refractivity contribution is 5.82. The Hall–Kier alpha value is -1.32. The Kier molecular flexibility index (Phi) is 3.04. The summed E-state index contributed by atoms with van der Waals surface area (Å²) in [6, 6.07) is 8.07. The second kappa shape index (κ2) is 4.47.